The molecule has 0 spiro atoms. The molecule has 2 atom stereocenters. The Morgan fingerprint density at radius 3 is 2.43 bits per heavy atom. The molecule has 0 radical (unpaired) electrons. The number of rotatable bonds is 4. The van der Waals surface area contributed by atoms with Gasteiger partial charge < -0.3 is 5.32 Å². The average Bonchev–Trinajstić information content (AvgIpc) is 3.45. The highest BCUT2D eigenvalue weighted by Gasteiger charge is 2.44. The second-order valence-electron chi connectivity index (χ2n) is 6.50. The molecule has 2 unspecified atom stereocenters. The van der Waals surface area contributed by atoms with Crippen LogP contribution in [0.2, 0.25) is 0 Å². The summed E-state index contributed by atoms with van der Waals surface area (Å²) in [7, 11) is 0. The molecule has 2 aromatic rings. The summed E-state index contributed by atoms with van der Waals surface area (Å²) in [6, 6.07) is 9.71. The lowest BCUT2D eigenvalue weighted by Crippen LogP contribution is -2.47. The number of nitrogens with one attached hydrogen (secondary N) is 3. The number of hydrogen-bond acceptors (Lipinski definition) is 2. The van der Waals surface area contributed by atoms with Crippen molar-refractivity contribution in [3.63, 3.8) is 0 Å². The van der Waals surface area contributed by atoms with Crippen LogP contribution in [0.25, 0.3) is 0 Å². The van der Waals surface area contributed by atoms with Crippen LogP contribution < -0.4 is 16.2 Å². The lowest BCUT2D eigenvalue weighted by atomic mass is 10.1. The number of urea groups is 1. The minimum Gasteiger partial charge on any atom is -0.333 e. The molecular formula is C19H17F4N3O2. The van der Waals surface area contributed by atoms with Crippen LogP contribution in [-0.4, -0.2) is 11.9 Å². The van der Waals surface area contributed by atoms with E-state index in [1.165, 1.54) is 24.3 Å². The summed E-state index contributed by atoms with van der Waals surface area (Å²) < 4.78 is 50.9. The molecule has 1 fully saturated rings. The van der Waals surface area contributed by atoms with Crippen molar-refractivity contribution in [3.05, 3.63) is 71.0 Å². The predicted octanol–water partition coefficient (Wildman–Crippen LogP) is 3.48. The highest BCUT2D eigenvalue weighted by atomic mass is 19.4. The highest BCUT2D eigenvalue weighted by Crippen LogP contribution is 2.47. The Bertz CT molecular complexity index is 868. The van der Waals surface area contributed by atoms with Gasteiger partial charge in [0.25, 0.3) is 0 Å². The molecule has 9 heteroatoms. The van der Waals surface area contributed by atoms with E-state index in [0.29, 0.717) is 6.42 Å². The first-order chi connectivity index (χ1) is 13.2. The van der Waals surface area contributed by atoms with Crippen LogP contribution in [0.3, 0.4) is 0 Å². The van der Waals surface area contributed by atoms with E-state index in [1.807, 2.05) is 0 Å². The number of carbonyl (C=O) groups is 2. The Labute approximate surface area is 158 Å². The largest absolute Gasteiger partial charge is 0.416 e. The quantitative estimate of drug-likeness (QED) is 0.548. The fraction of sp³-hybridized carbons (Fsp3) is 0.263. The van der Waals surface area contributed by atoms with Gasteiger partial charge in [0, 0.05) is 12.5 Å². The van der Waals surface area contributed by atoms with Gasteiger partial charge in [-0.2, -0.15) is 13.2 Å². The van der Waals surface area contributed by atoms with E-state index in [0.717, 1.165) is 17.7 Å². The van der Waals surface area contributed by atoms with Crippen molar-refractivity contribution >= 4 is 11.9 Å². The molecule has 0 heterocycles. The van der Waals surface area contributed by atoms with Gasteiger partial charge in [0.2, 0.25) is 5.91 Å². The lowest BCUT2D eigenvalue weighted by molar-refractivity contribution is -0.137. The van der Waals surface area contributed by atoms with Gasteiger partial charge in [-0.3, -0.25) is 10.2 Å². The van der Waals surface area contributed by atoms with E-state index >= 15 is 0 Å². The number of benzene rings is 2. The summed E-state index contributed by atoms with van der Waals surface area (Å²) in [6.07, 6.45) is -3.87. The molecule has 0 aromatic heterocycles. The number of amides is 3. The molecule has 1 aliphatic carbocycles. The van der Waals surface area contributed by atoms with E-state index < -0.39 is 17.8 Å². The Kier molecular flexibility index (Phi) is 5.53. The van der Waals surface area contributed by atoms with Crippen molar-refractivity contribution in [3.8, 4) is 0 Å². The van der Waals surface area contributed by atoms with Crippen LogP contribution in [0.5, 0.6) is 0 Å². The van der Waals surface area contributed by atoms with Crippen molar-refractivity contribution in [2.45, 2.75) is 25.1 Å². The summed E-state index contributed by atoms with van der Waals surface area (Å²) in [5.74, 6) is -1.10. The monoisotopic (exact) mass is 395 g/mol. The number of carbonyl (C=O) groups excluding carboxylic acids is 2. The summed E-state index contributed by atoms with van der Waals surface area (Å²) in [5.41, 5.74) is 4.75. The molecule has 2 aromatic carbocycles. The van der Waals surface area contributed by atoms with E-state index in [9.17, 15) is 27.2 Å². The molecule has 5 nitrogen and oxygen atoms in total. The topological polar surface area (TPSA) is 70.2 Å². The Hall–Kier alpha value is -3.10. The molecule has 0 saturated heterocycles. The van der Waals surface area contributed by atoms with Gasteiger partial charge in [0.1, 0.15) is 5.82 Å². The lowest BCUT2D eigenvalue weighted by Gasteiger charge is -2.11. The van der Waals surface area contributed by atoms with Crippen LogP contribution in [-0.2, 0) is 17.5 Å². The zero-order valence-electron chi connectivity index (χ0n) is 14.5. The molecule has 0 bridgehead atoms. The van der Waals surface area contributed by atoms with Crippen molar-refractivity contribution in [1.82, 2.24) is 16.2 Å². The number of alkyl halides is 3. The van der Waals surface area contributed by atoms with Crippen molar-refractivity contribution in [2.75, 3.05) is 0 Å². The summed E-state index contributed by atoms with van der Waals surface area (Å²) in [5, 5.41) is 2.37. The number of hydrogen-bond donors (Lipinski definition) is 3. The van der Waals surface area contributed by atoms with Gasteiger partial charge >= 0.3 is 12.2 Å². The van der Waals surface area contributed by atoms with Gasteiger partial charge in [0.05, 0.1) is 5.56 Å². The molecule has 3 rings (SSSR count). The van der Waals surface area contributed by atoms with E-state index in [4.69, 9.17) is 0 Å². The smallest absolute Gasteiger partial charge is 0.333 e. The SMILES string of the molecule is O=C(NCc1cccc(C(F)(F)F)c1)NNC(=O)C1CC1c1ccc(F)cc1. The van der Waals surface area contributed by atoms with Crippen molar-refractivity contribution in [2.24, 2.45) is 5.92 Å². The fourth-order valence-corrected chi connectivity index (χ4v) is 2.86. The maximum Gasteiger partial charge on any atom is 0.416 e. The number of halogens is 4. The van der Waals surface area contributed by atoms with Gasteiger partial charge in [-0.15, -0.1) is 0 Å². The first-order valence-electron chi connectivity index (χ1n) is 8.49. The summed E-state index contributed by atoms with van der Waals surface area (Å²) in [4.78, 5) is 23.8. The van der Waals surface area contributed by atoms with Crippen LogP contribution in [0.15, 0.2) is 48.5 Å². The molecule has 1 saturated carbocycles. The first kappa shape index (κ1) is 19.7. The molecule has 28 heavy (non-hydrogen) atoms. The molecule has 3 amide bonds. The Balaban J connectivity index is 1.42. The van der Waals surface area contributed by atoms with E-state index in [2.05, 4.69) is 16.2 Å². The Morgan fingerprint density at radius 2 is 1.75 bits per heavy atom. The summed E-state index contributed by atoms with van der Waals surface area (Å²) in [6.45, 7) is -0.132. The highest BCUT2D eigenvalue weighted by molar-refractivity contribution is 5.85. The van der Waals surface area contributed by atoms with Crippen LogP contribution >= 0.6 is 0 Å². The van der Waals surface area contributed by atoms with Crippen molar-refractivity contribution in [1.29, 1.82) is 0 Å². The third kappa shape index (κ3) is 4.99. The summed E-state index contributed by atoms with van der Waals surface area (Å²) >= 11 is 0. The van der Waals surface area contributed by atoms with E-state index in [-0.39, 0.29) is 35.7 Å². The van der Waals surface area contributed by atoms with Crippen LogP contribution in [0.1, 0.15) is 29.0 Å². The van der Waals surface area contributed by atoms with Crippen molar-refractivity contribution < 1.29 is 27.2 Å². The van der Waals surface area contributed by atoms with Crippen LogP contribution in [0, 0.1) is 11.7 Å². The third-order valence-electron chi connectivity index (χ3n) is 4.43. The molecule has 148 valence electrons. The normalized spacial score (nSPS) is 18.3. The second kappa shape index (κ2) is 7.87. The van der Waals surface area contributed by atoms with Gasteiger partial charge in [-0.05, 0) is 47.7 Å². The van der Waals surface area contributed by atoms with Crippen LogP contribution in [0.4, 0.5) is 22.4 Å². The predicted molar refractivity (Wildman–Crippen MR) is 92.2 cm³/mol. The standard InChI is InChI=1S/C19H17F4N3O2/c20-14-6-4-12(5-7-14)15-9-16(15)17(27)25-26-18(28)24-10-11-2-1-3-13(8-11)19(21,22)23/h1-8,15-16H,9-10H2,(H,25,27)(H2,24,26,28). The zero-order chi connectivity index (χ0) is 20.3. The average molecular weight is 395 g/mol. The molecular weight excluding hydrogens is 378 g/mol. The molecule has 3 N–H and O–H groups in total. The minimum absolute atomic E-state index is 0.0319. The van der Waals surface area contributed by atoms with Gasteiger partial charge in [0.15, 0.2) is 0 Å². The second-order valence-corrected chi connectivity index (χ2v) is 6.50. The Morgan fingerprint density at radius 1 is 1.04 bits per heavy atom. The minimum atomic E-state index is -4.46. The molecule has 1 aliphatic rings. The van der Waals surface area contributed by atoms with Gasteiger partial charge in [-0.25, -0.2) is 14.6 Å². The van der Waals surface area contributed by atoms with E-state index in [1.54, 1.807) is 12.1 Å². The molecule has 0 aliphatic heterocycles. The maximum atomic E-state index is 12.9. The third-order valence-corrected chi connectivity index (χ3v) is 4.43. The fourth-order valence-electron chi connectivity index (χ4n) is 2.86. The maximum absolute atomic E-state index is 12.9. The van der Waals surface area contributed by atoms with Gasteiger partial charge in [-0.1, -0.05) is 24.3 Å². The first-order valence-corrected chi connectivity index (χ1v) is 8.49. The number of hydrazine groups is 1. The zero-order valence-corrected chi connectivity index (χ0v) is 14.5.